The van der Waals surface area contributed by atoms with Gasteiger partial charge in [0.15, 0.2) is 9.84 Å². The Morgan fingerprint density at radius 3 is 2.37 bits per heavy atom. The molecule has 4 rings (SSSR count). The van der Waals surface area contributed by atoms with E-state index in [0.29, 0.717) is 12.3 Å². The molecule has 2 aromatic rings. The van der Waals surface area contributed by atoms with Crippen molar-refractivity contribution in [1.29, 1.82) is 0 Å². The number of carbonyl (C=O) groups excluding carboxylic acids is 2. The van der Waals surface area contributed by atoms with Crippen LogP contribution >= 0.6 is 0 Å². The normalized spacial score (nSPS) is 23.8. The predicted molar refractivity (Wildman–Crippen MR) is 134 cm³/mol. The number of sulfone groups is 1. The molecule has 1 saturated carbocycles. The minimum Gasteiger partial charge on any atom is -0.466 e. The Bertz CT molecular complexity index is 1130. The molecule has 2 fully saturated rings. The summed E-state index contributed by atoms with van der Waals surface area (Å²) in [5, 5.41) is -0.906. The molecule has 2 heterocycles. The maximum atomic E-state index is 13.3. The SMILES string of the molecule is CCOC(=O)[C@H]1CC(S(=O)(=O)c2ccc(C)cc2)CC(=O)C1CC1CCN(c2ccncc2)CC1. The van der Waals surface area contributed by atoms with Gasteiger partial charge in [-0.3, -0.25) is 14.6 Å². The first-order valence-electron chi connectivity index (χ1n) is 12.4. The van der Waals surface area contributed by atoms with Crippen LogP contribution in [0.2, 0.25) is 0 Å². The monoisotopic (exact) mass is 498 g/mol. The number of benzene rings is 1. The first kappa shape index (κ1) is 25.4. The van der Waals surface area contributed by atoms with E-state index in [1.165, 1.54) is 0 Å². The van der Waals surface area contributed by atoms with E-state index in [1.807, 2.05) is 19.1 Å². The molecule has 8 heteroatoms. The Balaban J connectivity index is 1.47. The molecule has 1 aliphatic heterocycles. The zero-order chi connectivity index (χ0) is 25.0. The molecular formula is C27H34N2O5S. The molecule has 2 unspecified atom stereocenters. The second kappa shape index (κ2) is 10.9. The van der Waals surface area contributed by atoms with Crippen LogP contribution in [0.4, 0.5) is 5.69 Å². The van der Waals surface area contributed by atoms with E-state index < -0.39 is 32.9 Å². The van der Waals surface area contributed by atoms with E-state index in [2.05, 4.69) is 9.88 Å². The summed E-state index contributed by atoms with van der Waals surface area (Å²) >= 11 is 0. The lowest BCUT2D eigenvalue weighted by atomic mass is 9.72. The van der Waals surface area contributed by atoms with Crippen molar-refractivity contribution in [2.75, 3.05) is 24.6 Å². The van der Waals surface area contributed by atoms with Gasteiger partial charge in [0.25, 0.3) is 0 Å². The highest BCUT2D eigenvalue weighted by molar-refractivity contribution is 7.92. The van der Waals surface area contributed by atoms with E-state index >= 15 is 0 Å². The Kier molecular flexibility index (Phi) is 7.89. The Labute approximate surface area is 207 Å². The third-order valence-corrected chi connectivity index (χ3v) is 9.62. The van der Waals surface area contributed by atoms with Crippen LogP contribution < -0.4 is 4.90 Å². The molecular weight excluding hydrogens is 464 g/mol. The number of ketones is 1. The molecule has 35 heavy (non-hydrogen) atoms. The second-order valence-electron chi connectivity index (χ2n) is 9.72. The molecule has 0 spiro atoms. The van der Waals surface area contributed by atoms with E-state index in [0.717, 1.165) is 37.2 Å². The Hall–Kier alpha value is -2.74. The standard InChI is InChI=1S/C27H34N2O5S/c1-3-34-27(31)25-17-23(35(32,33)22-6-4-19(2)5-7-22)18-26(30)24(25)16-20-10-14-29(15-11-20)21-8-12-28-13-9-21/h4-9,12-13,20,23-25H,3,10-11,14-18H2,1-2H3/t23?,24?,25-/m0/s1. The fraction of sp³-hybridized carbons (Fsp3) is 0.519. The molecule has 1 aromatic heterocycles. The molecule has 1 saturated heterocycles. The van der Waals surface area contributed by atoms with Crippen molar-refractivity contribution in [3.05, 3.63) is 54.4 Å². The summed E-state index contributed by atoms with van der Waals surface area (Å²) in [5.41, 5.74) is 2.10. The average Bonchev–Trinajstić information content (AvgIpc) is 2.86. The largest absolute Gasteiger partial charge is 0.466 e. The quantitative estimate of drug-likeness (QED) is 0.533. The molecule has 3 atom stereocenters. The lowest BCUT2D eigenvalue weighted by Gasteiger charge is -2.38. The van der Waals surface area contributed by atoms with Gasteiger partial charge in [-0.1, -0.05) is 17.7 Å². The van der Waals surface area contributed by atoms with Gasteiger partial charge in [0.1, 0.15) is 5.78 Å². The molecule has 2 aliphatic rings. The van der Waals surface area contributed by atoms with Crippen LogP contribution in [0.1, 0.15) is 44.6 Å². The van der Waals surface area contributed by atoms with Crippen molar-refractivity contribution in [1.82, 2.24) is 4.98 Å². The van der Waals surface area contributed by atoms with Crippen LogP contribution in [-0.2, 0) is 24.2 Å². The zero-order valence-electron chi connectivity index (χ0n) is 20.4. The molecule has 0 N–H and O–H groups in total. The van der Waals surface area contributed by atoms with E-state index in [9.17, 15) is 18.0 Å². The number of carbonyl (C=O) groups is 2. The Morgan fingerprint density at radius 1 is 1.09 bits per heavy atom. The van der Waals surface area contributed by atoms with Gasteiger partial charge in [-0.25, -0.2) is 8.42 Å². The maximum Gasteiger partial charge on any atom is 0.309 e. The third-order valence-electron chi connectivity index (χ3n) is 7.45. The van der Waals surface area contributed by atoms with Gasteiger partial charge >= 0.3 is 5.97 Å². The summed E-state index contributed by atoms with van der Waals surface area (Å²) in [6.07, 6.45) is 6.09. The van der Waals surface area contributed by atoms with E-state index in [1.54, 1.807) is 43.6 Å². The van der Waals surface area contributed by atoms with Gasteiger partial charge in [-0.15, -0.1) is 0 Å². The lowest BCUT2D eigenvalue weighted by molar-refractivity contribution is -0.154. The van der Waals surface area contributed by atoms with Crippen molar-refractivity contribution in [2.24, 2.45) is 17.8 Å². The highest BCUT2D eigenvalue weighted by Gasteiger charge is 2.46. The van der Waals surface area contributed by atoms with Crippen LogP contribution in [0, 0.1) is 24.7 Å². The number of Topliss-reactive ketones (excluding diaryl/α,β-unsaturated/α-hetero) is 1. The molecule has 0 radical (unpaired) electrons. The van der Waals surface area contributed by atoms with E-state index in [4.69, 9.17) is 4.74 Å². The number of piperidine rings is 1. The summed E-state index contributed by atoms with van der Waals surface area (Å²) < 4.78 is 32.0. The molecule has 188 valence electrons. The highest BCUT2D eigenvalue weighted by atomic mass is 32.2. The first-order valence-corrected chi connectivity index (χ1v) is 14.0. The summed E-state index contributed by atoms with van der Waals surface area (Å²) in [5.74, 6) is -1.49. The topological polar surface area (TPSA) is 93.6 Å². The summed E-state index contributed by atoms with van der Waals surface area (Å²) in [4.78, 5) is 32.8. The number of hydrogen-bond donors (Lipinski definition) is 0. The number of aryl methyl sites for hydroxylation is 1. The van der Waals surface area contributed by atoms with Crippen molar-refractivity contribution in [3.63, 3.8) is 0 Å². The number of nitrogens with zero attached hydrogens (tertiary/aromatic N) is 2. The first-order chi connectivity index (χ1) is 16.8. The number of pyridine rings is 1. The van der Waals surface area contributed by atoms with Gasteiger partial charge in [-0.05, 0) is 69.7 Å². The number of esters is 1. The predicted octanol–water partition coefficient (Wildman–Crippen LogP) is 4.00. The minimum atomic E-state index is -3.73. The lowest BCUT2D eigenvalue weighted by Crippen LogP contribution is -2.44. The fourth-order valence-electron chi connectivity index (χ4n) is 5.43. The summed E-state index contributed by atoms with van der Waals surface area (Å²) in [6.45, 7) is 5.58. The summed E-state index contributed by atoms with van der Waals surface area (Å²) in [6, 6.07) is 10.7. The van der Waals surface area contributed by atoms with Crippen molar-refractivity contribution in [3.8, 4) is 0 Å². The molecule has 7 nitrogen and oxygen atoms in total. The van der Waals surface area contributed by atoms with Crippen LogP contribution in [0.25, 0.3) is 0 Å². The average molecular weight is 499 g/mol. The number of aromatic nitrogens is 1. The smallest absolute Gasteiger partial charge is 0.309 e. The van der Waals surface area contributed by atoms with Crippen LogP contribution in [-0.4, -0.2) is 50.1 Å². The van der Waals surface area contributed by atoms with Crippen molar-refractivity contribution >= 4 is 27.3 Å². The van der Waals surface area contributed by atoms with Gasteiger partial charge < -0.3 is 9.64 Å². The summed E-state index contributed by atoms with van der Waals surface area (Å²) in [7, 11) is -3.73. The Morgan fingerprint density at radius 2 is 1.74 bits per heavy atom. The highest BCUT2D eigenvalue weighted by Crippen LogP contribution is 2.39. The molecule has 0 bridgehead atoms. The number of hydrogen-bond acceptors (Lipinski definition) is 7. The maximum absolute atomic E-state index is 13.3. The van der Waals surface area contributed by atoms with Crippen LogP contribution in [0.15, 0.2) is 53.7 Å². The minimum absolute atomic E-state index is 0.0490. The molecule has 1 aliphatic carbocycles. The van der Waals surface area contributed by atoms with Crippen LogP contribution in [0.5, 0.6) is 0 Å². The molecule has 1 aromatic carbocycles. The van der Waals surface area contributed by atoms with Gasteiger partial charge in [0.2, 0.25) is 0 Å². The number of anilines is 1. The van der Waals surface area contributed by atoms with E-state index in [-0.39, 0.29) is 30.1 Å². The third kappa shape index (κ3) is 5.74. The van der Waals surface area contributed by atoms with Gasteiger partial charge in [-0.2, -0.15) is 0 Å². The second-order valence-corrected chi connectivity index (χ2v) is 12.0. The molecule has 0 amide bonds. The fourth-order valence-corrected chi connectivity index (χ4v) is 7.18. The number of ether oxygens (including phenoxy) is 1. The van der Waals surface area contributed by atoms with Crippen molar-refractivity contribution < 1.29 is 22.7 Å². The number of rotatable bonds is 7. The van der Waals surface area contributed by atoms with Crippen molar-refractivity contribution in [2.45, 2.75) is 56.1 Å². The van der Waals surface area contributed by atoms with Gasteiger partial charge in [0.05, 0.1) is 22.7 Å². The van der Waals surface area contributed by atoms with Gasteiger partial charge in [0, 0.05) is 43.5 Å². The zero-order valence-corrected chi connectivity index (χ0v) is 21.2. The van der Waals surface area contributed by atoms with Crippen LogP contribution in [0.3, 0.4) is 0 Å².